The van der Waals surface area contributed by atoms with E-state index in [1.165, 1.54) is 6.92 Å². The highest BCUT2D eigenvalue weighted by Gasteiger charge is 2.12. The molecule has 0 heterocycles. The molecule has 2 aromatic carbocycles. The number of nitrogens with one attached hydrogen (secondary N) is 1. The number of carbonyl (C=O) groups excluding carboxylic acids is 2. The number of halogens is 1. The monoisotopic (exact) mass is 388 g/mol. The van der Waals surface area contributed by atoms with Gasteiger partial charge in [-0.1, -0.05) is 30.7 Å². The lowest BCUT2D eigenvalue weighted by atomic mass is 10.2. The fourth-order valence-electron chi connectivity index (χ4n) is 2.56. The summed E-state index contributed by atoms with van der Waals surface area (Å²) in [6.45, 7) is 4.76. The van der Waals surface area contributed by atoms with E-state index in [-0.39, 0.29) is 11.8 Å². The van der Waals surface area contributed by atoms with Crippen molar-refractivity contribution in [3.05, 3.63) is 59.1 Å². The SMILES string of the molecule is CCCC(=O)NCCN(C(C)=O)c1ccc(OCc2ccc(Cl)cc2)cc1. The third-order valence-corrected chi connectivity index (χ3v) is 4.23. The second kappa shape index (κ2) is 10.6. The average molecular weight is 389 g/mol. The molecule has 5 nitrogen and oxygen atoms in total. The van der Waals surface area contributed by atoms with Crippen molar-refractivity contribution in [2.45, 2.75) is 33.3 Å². The first-order valence-corrected chi connectivity index (χ1v) is 9.39. The number of hydrogen-bond acceptors (Lipinski definition) is 3. The lowest BCUT2D eigenvalue weighted by Crippen LogP contribution is -2.37. The molecule has 2 aromatic rings. The number of amides is 2. The quantitative estimate of drug-likeness (QED) is 0.700. The number of rotatable bonds is 9. The van der Waals surface area contributed by atoms with Gasteiger partial charge in [0.1, 0.15) is 12.4 Å². The number of nitrogens with zero attached hydrogens (tertiary/aromatic N) is 1. The Kier molecular flexibility index (Phi) is 8.14. The smallest absolute Gasteiger partial charge is 0.223 e. The highest BCUT2D eigenvalue weighted by Crippen LogP contribution is 2.21. The van der Waals surface area contributed by atoms with Gasteiger partial charge in [-0.25, -0.2) is 0 Å². The summed E-state index contributed by atoms with van der Waals surface area (Å²) in [6, 6.07) is 14.8. The summed E-state index contributed by atoms with van der Waals surface area (Å²) in [7, 11) is 0. The van der Waals surface area contributed by atoms with Crippen LogP contribution in [0.15, 0.2) is 48.5 Å². The molecular weight excluding hydrogens is 364 g/mol. The largest absolute Gasteiger partial charge is 0.489 e. The molecule has 0 atom stereocenters. The van der Waals surface area contributed by atoms with Crippen LogP contribution in [0.3, 0.4) is 0 Å². The van der Waals surface area contributed by atoms with Gasteiger partial charge >= 0.3 is 0 Å². The van der Waals surface area contributed by atoms with E-state index in [1.54, 1.807) is 4.90 Å². The van der Waals surface area contributed by atoms with Gasteiger partial charge in [0.25, 0.3) is 0 Å². The molecule has 0 fully saturated rings. The van der Waals surface area contributed by atoms with Crippen molar-refractivity contribution in [3.8, 4) is 5.75 Å². The summed E-state index contributed by atoms with van der Waals surface area (Å²) in [6.07, 6.45) is 1.31. The summed E-state index contributed by atoms with van der Waals surface area (Å²) in [5.74, 6) is 0.648. The molecule has 0 saturated heterocycles. The minimum absolute atomic E-state index is 0.00643. The summed E-state index contributed by atoms with van der Waals surface area (Å²) in [4.78, 5) is 25.1. The van der Waals surface area contributed by atoms with Crippen molar-refractivity contribution in [2.24, 2.45) is 0 Å². The molecule has 2 rings (SSSR count). The molecule has 6 heteroatoms. The third kappa shape index (κ3) is 6.94. The predicted molar refractivity (Wildman–Crippen MR) is 108 cm³/mol. The van der Waals surface area contributed by atoms with E-state index in [0.29, 0.717) is 36.9 Å². The summed E-state index contributed by atoms with van der Waals surface area (Å²) in [5.41, 5.74) is 1.79. The lowest BCUT2D eigenvalue weighted by Gasteiger charge is -2.21. The van der Waals surface area contributed by atoms with Crippen LogP contribution in [0.1, 0.15) is 32.3 Å². The van der Waals surface area contributed by atoms with Crippen LogP contribution >= 0.6 is 11.6 Å². The normalized spacial score (nSPS) is 10.3. The van der Waals surface area contributed by atoms with E-state index < -0.39 is 0 Å². The molecule has 0 radical (unpaired) electrons. The third-order valence-electron chi connectivity index (χ3n) is 3.98. The highest BCUT2D eigenvalue weighted by molar-refractivity contribution is 6.30. The van der Waals surface area contributed by atoms with Gasteiger partial charge in [0, 0.05) is 37.1 Å². The first-order chi connectivity index (χ1) is 13.0. The van der Waals surface area contributed by atoms with Crippen LogP contribution in [0.2, 0.25) is 5.02 Å². The Morgan fingerprint density at radius 1 is 1.07 bits per heavy atom. The fourth-order valence-corrected chi connectivity index (χ4v) is 2.69. The minimum atomic E-state index is -0.0745. The number of ether oxygens (including phenoxy) is 1. The molecule has 0 aromatic heterocycles. The van der Waals surface area contributed by atoms with Gasteiger partial charge in [-0.15, -0.1) is 0 Å². The Balaban J connectivity index is 1.90. The first kappa shape index (κ1) is 20.8. The summed E-state index contributed by atoms with van der Waals surface area (Å²) < 4.78 is 5.76. The van der Waals surface area contributed by atoms with Crippen LogP contribution < -0.4 is 15.0 Å². The molecule has 27 heavy (non-hydrogen) atoms. The predicted octanol–water partition coefficient (Wildman–Crippen LogP) is 4.19. The zero-order valence-corrected chi connectivity index (χ0v) is 16.5. The number of hydrogen-bond donors (Lipinski definition) is 1. The van der Waals surface area contributed by atoms with Crippen LogP contribution in [-0.4, -0.2) is 24.9 Å². The first-order valence-electron chi connectivity index (χ1n) is 9.01. The molecule has 0 aliphatic carbocycles. The molecule has 0 unspecified atom stereocenters. The highest BCUT2D eigenvalue weighted by atomic mass is 35.5. The van der Waals surface area contributed by atoms with E-state index >= 15 is 0 Å². The van der Waals surface area contributed by atoms with Gasteiger partial charge in [0.15, 0.2) is 0 Å². The Labute approximate surface area is 165 Å². The van der Waals surface area contributed by atoms with E-state index in [4.69, 9.17) is 16.3 Å². The van der Waals surface area contributed by atoms with E-state index in [2.05, 4.69) is 5.32 Å². The zero-order chi connectivity index (χ0) is 19.6. The van der Waals surface area contributed by atoms with Gasteiger partial charge in [-0.05, 0) is 48.4 Å². The Morgan fingerprint density at radius 3 is 2.33 bits per heavy atom. The molecule has 0 saturated carbocycles. The minimum Gasteiger partial charge on any atom is -0.489 e. The number of anilines is 1. The van der Waals surface area contributed by atoms with Crippen molar-refractivity contribution in [2.75, 3.05) is 18.0 Å². The van der Waals surface area contributed by atoms with Crippen molar-refractivity contribution in [3.63, 3.8) is 0 Å². The molecule has 0 aliphatic heterocycles. The van der Waals surface area contributed by atoms with Gasteiger partial charge in [-0.3, -0.25) is 9.59 Å². The standard InChI is InChI=1S/C21H25ClN2O3/c1-3-4-21(26)23-13-14-24(16(2)25)19-9-11-20(12-10-19)27-15-17-5-7-18(22)8-6-17/h5-12H,3-4,13-15H2,1-2H3,(H,23,26). The Morgan fingerprint density at radius 2 is 1.74 bits per heavy atom. The molecule has 1 N–H and O–H groups in total. The maximum atomic E-state index is 11.9. The molecular formula is C21H25ClN2O3. The van der Waals surface area contributed by atoms with Gasteiger partial charge in [-0.2, -0.15) is 0 Å². The van der Waals surface area contributed by atoms with Crippen LogP contribution in [0, 0.1) is 0 Å². The summed E-state index contributed by atoms with van der Waals surface area (Å²) in [5, 5.41) is 3.52. The molecule has 0 bridgehead atoms. The molecule has 144 valence electrons. The average Bonchev–Trinajstić information content (AvgIpc) is 2.65. The molecule has 0 spiro atoms. The maximum Gasteiger partial charge on any atom is 0.223 e. The lowest BCUT2D eigenvalue weighted by molar-refractivity contribution is -0.121. The van der Waals surface area contributed by atoms with Gasteiger partial charge in [0.05, 0.1) is 0 Å². The topological polar surface area (TPSA) is 58.6 Å². The Bertz CT molecular complexity index is 745. The van der Waals surface area contributed by atoms with E-state index in [1.807, 2.05) is 55.5 Å². The Hall–Kier alpha value is -2.53. The summed E-state index contributed by atoms with van der Waals surface area (Å²) >= 11 is 5.87. The molecule has 0 aliphatic rings. The number of benzene rings is 2. The molecule has 2 amide bonds. The second-order valence-corrected chi connectivity index (χ2v) is 6.62. The maximum absolute atomic E-state index is 11.9. The van der Waals surface area contributed by atoms with Crippen molar-refractivity contribution in [1.29, 1.82) is 0 Å². The van der Waals surface area contributed by atoms with Crippen LogP contribution in [-0.2, 0) is 16.2 Å². The second-order valence-electron chi connectivity index (χ2n) is 6.18. The van der Waals surface area contributed by atoms with E-state index in [9.17, 15) is 9.59 Å². The fraction of sp³-hybridized carbons (Fsp3) is 0.333. The van der Waals surface area contributed by atoms with Crippen LogP contribution in [0.5, 0.6) is 5.75 Å². The zero-order valence-electron chi connectivity index (χ0n) is 15.7. The van der Waals surface area contributed by atoms with Crippen molar-refractivity contribution in [1.82, 2.24) is 5.32 Å². The van der Waals surface area contributed by atoms with E-state index in [0.717, 1.165) is 17.7 Å². The number of carbonyl (C=O) groups is 2. The van der Waals surface area contributed by atoms with Crippen molar-refractivity contribution >= 4 is 29.1 Å². The van der Waals surface area contributed by atoms with Crippen molar-refractivity contribution < 1.29 is 14.3 Å². The van der Waals surface area contributed by atoms with Gasteiger partial charge in [0.2, 0.25) is 11.8 Å². The van der Waals surface area contributed by atoms with Gasteiger partial charge < -0.3 is 15.0 Å². The van der Waals surface area contributed by atoms with Crippen LogP contribution in [0.4, 0.5) is 5.69 Å². The van der Waals surface area contributed by atoms with Crippen LogP contribution in [0.25, 0.3) is 0 Å².